The summed E-state index contributed by atoms with van der Waals surface area (Å²) in [6.07, 6.45) is 3.52. The van der Waals surface area contributed by atoms with Crippen LogP contribution in [0.1, 0.15) is 24.8 Å². The first-order chi connectivity index (χ1) is 8.80. The molecule has 2 fully saturated rings. The van der Waals surface area contributed by atoms with Gasteiger partial charge < -0.3 is 4.74 Å². The quantitative estimate of drug-likeness (QED) is 0.782. The predicted octanol–water partition coefficient (Wildman–Crippen LogP) is 3.26. The molecular formula is C15H18O2S. The van der Waals surface area contributed by atoms with E-state index in [1.54, 1.807) is 0 Å². The van der Waals surface area contributed by atoms with Gasteiger partial charge in [0, 0.05) is 0 Å². The van der Waals surface area contributed by atoms with E-state index in [9.17, 15) is 4.79 Å². The fourth-order valence-electron chi connectivity index (χ4n) is 2.82. The van der Waals surface area contributed by atoms with Crippen molar-refractivity contribution in [3.63, 3.8) is 0 Å². The van der Waals surface area contributed by atoms with Gasteiger partial charge in [-0.3, -0.25) is 4.79 Å². The van der Waals surface area contributed by atoms with E-state index in [0.29, 0.717) is 12.0 Å². The third-order valence-electron chi connectivity index (χ3n) is 4.05. The van der Waals surface area contributed by atoms with Crippen LogP contribution in [0.2, 0.25) is 0 Å². The SMILES string of the molecule is O=C(OCc1ccccc1)C1CC12CCCSC2. The smallest absolute Gasteiger partial charge is 0.309 e. The van der Waals surface area contributed by atoms with Gasteiger partial charge in [0.25, 0.3) is 0 Å². The Morgan fingerprint density at radius 3 is 2.94 bits per heavy atom. The topological polar surface area (TPSA) is 26.3 Å². The highest BCUT2D eigenvalue weighted by molar-refractivity contribution is 7.99. The number of thioether (sulfide) groups is 1. The molecule has 1 saturated heterocycles. The molecule has 0 radical (unpaired) electrons. The standard InChI is InChI=1S/C15H18O2S/c16-14(17-10-12-5-2-1-3-6-12)13-9-15(13)7-4-8-18-11-15/h1-3,5-6,13H,4,7-11H2. The third-order valence-corrected chi connectivity index (χ3v) is 5.41. The summed E-state index contributed by atoms with van der Waals surface area (Å²) in [6.45, 7) is 0.416. The van der Waals surface area contributed by atoms with Crippen molar-refractivity contribution in [1.82, 2.24) is 0 Å². The van der Waals surface area contributed by atoms with Crippen LogP contribution in [-0.2, 0) is 16.1 Å². The number of hydrogen-bond donors (Lipinski definition) is 0. The van der Waals surface area contributed by atoms with Gasteiger partial charge in [0.15, 0.2) is 0 Å². The van der Waals surface area contributed by atoms with E-state index in [4.69, 9.17) is 4.74 Å². The molecule has 0 N–H and O–H groups in total. The molecule has 96 valence electrons. The lowest BCUT2D eigenvalue weighted by Gasteiger charge is -2.21. The molecule has 0 aromatic heterocycles. The van der Waals surface area contributed by atoms with E-state index < -0.39 is 0 Å². The minimum absolute atomic E-state index is 0.0151. The normalized spacial score (nSPS) is 30.1. The van der Waals surface area contributed by atoms with Crippen LogP contribution in [0.3, 0.4) is 0 Å². The fourth-order valence-corrected chi connectivity index (χ4v) is 4.18. The van der Waals surface area contributed by atoms with E-state index in [0.717, 1.165) is 17.7 Å². The van der Waals surface area contributed by atoms with Gasteiger partial charge in [-0.25, -0.2) is 0 Å². The molecule has 3 heteroatoms. The second-order valence-electron chi connectivity index (χ2n) is 5.37. The third kappa shape index (κ3) is 2.41. The van der Waals surface area contributed by atoms with Crippen molar-refractivity contribution in [1.29, 1.82) is 0 Å². The zero-order chi connectivity index (χ0) is 12.4. The van der Waals surface area contributed by atoms with E-state index >= 15 is 0 Å². The Morgan fingerprint density at radius 1 is 1.39 bits per heavy atom. The maximum Gasteiger partial charge on any atom is 0.309 e. The van der Waals surface area contributed by atoms with Crippen LogP contribution in [0.15, 0.2) is 30.3 Å². The molecule has 1 aromatic rings. The van der Waals surface area contributed by atoms with E-state index in [2.05, 4.69) is 0 Å². The van der Waals surface area contributed by atoms with Crippen LogP contribution < -0.4 is 0 Å². The first-order valence-electron chi connectivity index (χ1n) is 6.58. The second kappa shape index (κ2) is 4.96. The second-order valence-corrected chi connectivity index (χ2v) is 6.47. The molecule has 0 bridgehead atoms. The summed E-state index contributed by atoms with van der Waals surface area (Å²) in [4.78, 5) is 12.0. The van der Waals surface area contributed by atoms with Gasteiger partial charge >= 0.3 is 5.97 Å². The Labute approximate surface area is 112 Å². The zero-order valence-corrected chi connectivity index (χ0v) is 11.2. The average molecular weight is 262 g/mol. The van der Waals surface area contributed by atoms with E-state index in [1.807, 2.05) is 42.1 Å². The van der Waals surface area contributed by atoms with Crippen molar-refractivity contribution in [2.24, 2.45) is 11.3 Å². The lowest BCUT2D eigenvalue weighted by molar-refractivity contribution is -0.147. The van der Waals surface area contributed by atoms with Gasteiger partial charge in [-0.05, 0) is 41.7 Å². The number of esters is 1. The Kier molecular flexibility index (Phi) is 3.33. The van der Waals surface area contributed by atoms with Crippen LogP contribution in [0.25, 0.3) is 0 Å². The van der Waals surface area contributed by atoms with Gasteiger partial charge in [0.2, 0.25) is 0 Å². The highest BCUT2D eigenvalue weighted by atomic mass is 32.2. The molecule has 2 unspecified atom stereocenters. The van der Waals surface area contributed by atoms with Crippen LogP contribution in [0.5, 0.6) is 0 Å². The minimum Gasteiger partial charge on any atom is -0.461 e. The monoisotopic (exact) mass is 262 g/mol. The number of benzene rings is 1. The molecule has 3 rings (SSSR count). The Bertz CT molecular complexity index is 423. The summed E-state index contributed by atoms with van der Waals surface area (Å²) in [6, 6.07) is 9.90. The van der Waals surface area contributed by atoms with Crippen LogP contribution in [0.4, 0.5) is 0 Å². The zero-order valence-electron chi connectivity index (χ0n) is 10.4. The van der Waals surface area contributed by atoms with Crippen molar-refractivity contribution in [3.8, 4) is 0 Å². The highest BCUT2D eigenvalue weighted by Crippen LogP contribution is 2.60. The maximum atomic E-state index is 12.0. The molecule has 2 atom stereocenters. The number of carbonyl (C=O) groups excluding carboxylic acids is 1. The highest BCUT2D eigenvalue weighted by Gasteiger charge is 2.58. The fraction of sp³-hybridized carbons (Fsp3) is 0.533. The summed E-state index contributed by atoms with van der Waals surface area (Å²) < 4.78 is 5.43. The van der Waals surface area contributed by atoms with Gasteiger partial charge in [-0.15, -0.1) is 0 Å². The summed E-state index contributed by atoms with van der Waals surface area (Å²) >= 11 is 1.99. The summed E-state index contributed by atoms with van der Waals surface area (Å²) in [5, 5.41) is 0. The molecule has 1 aromatic carbocycles. The summed E-state index contributed by atoms with van der Waals surface area (Å²) in [7, 11) is 0. The Hall–Kier alpha value is -0.960. The lowest BCUT2D eigenvalue weighted by Crippen LogP contribution is -2.19. The summed E-state index contributed by atoms with van der Waals surface area (Å²) in [5.41, 5.74) is 1.37. The minimum atomic E-state index is 0.0151. The van der Waals surface area contributed by atoms with E-state index in [-0.39, 0.29) is 11.9 Å². The largest absolute Gasteiger partial charge is 0.461 e. The molecule has 1 aliphatic heterocycles. The molecule has 1 heterocycles. The molecule has 1 aliphatic carbocycles. The average Bonchev–Trinajstić information content (AvgIpc) is 3.12. The van der Waals surface area contributed by atoms with Crippen molar-refractivity contribution < 1.29 is 9.53 Å². The Balaban J connectivity index is 1.51. The van der Waals surface area contributed by atoms with Gasteiger partial charge in [0.1, 0.15) is 6.61 Å². The molecule has 0 amide bonds. The van der Waals surface area contributed by atoms with Gasteiger partial charge in [-0.1, -0.05) is 30.3 Å². The van der Waals surface area contributed by atoms with Gasteiger partial charge in [0.05, 0.1) is 5.92 Å². The molecular weight excluding hydrogens is 244 g/mol. The molecule has 2 nitrogen and oxygen atoms in total. The number of hydrogen-bond acceptors (Lipinski definition) is 3. The van der Waals surface area contributed by atoms with Crippen LogP contribution in [0, 0.1) is 11.3 Å². The van der Waals surface area contributed by atoms with Crippen molar-refractivity contribution >= 4 is 17.7 Å². The molecule has 18 heavy (non-hydrogen) atoms. The van der Waals surface area contributed by atoms with Crippen molar-refractivity contribution in [3.05, 3.63) is 35.9 Å². The van der Waals surface area contributed by atoms with Gasteiger partial charge in [-0.2, -0.15) is 11.8 Å². The molecule has 2 aliphatic rings. The van der Waals surface area contributed by atoms with Crippen molar-refractivity contribution in [2.75, 3.05) is 11.5 Å². The maximum absolute atomic E-state index is 12.0. The molecule has 1 saturated carbocycles. The Morgan fingerprint density at radius 2 is 2.22 bits per heavy atom. The first kappa shape index (κ1) is 12.1. The predicted molar refractivity (Wildman–Crippen MR) is 73.3 cm³/mol. The van der Waals surface area contributed by atoms with Crippen LogP contribution >= 0.6 is 11.8 Å². The number of ether oxygens (including phenoxy) is 1. The number of rotatable bonds is 3. The van der Waals surface area contributed by atoms with E-state index in [1.165, 1.54) is 18.6 Å². The van der Waals surface area contributed by atoms with Crippen LogP contribution in [-0.4, -0.2) is 17.5 Å². The van der Waals surface area contributed by atoms with Crippen molar-refractivity contribution in [2.45, 2.75) is 25.9 Å². The summed E-state index contributed by atoms with van der Waals surface area (Å²) in [5.74, 6) is 2.60. The first-order valence-corrected chi connectivity index (χ1v) is 7.74. The lowest BCUT2D eigenvalue weighted by atomic mass is 9.99. The number of carbonyl (C=O) groups is 1. The molecule has 1 spiro atoms.